The Morgan fingerprint density at radius 2 is 1.71 bits per heavy atom. The molecule has 0 amide bonds. The highest BCUT2D eigenvalue weighted by molar-refractivity contribution is 7.97. The third kappa shape index (κ3) is 8.08. The topological polar surface area (TPSA) is 91.3 Å². The molecule has 1 aromatic carbocycles. The number of benzene rings is 1. The van der Waals surface area contributed by atoms with Crippen molar-refractivity contribution in [2.75, 3.05) is 17.3 Å². The summed E-state index contributed by atoms with van der Waals surface area (Å²) in [5.41, 5.74) is 0.928. The predicted molar refractivity (Wildman–Crippen MR) is 95.3 cm³/mol. The molecular formula is C17H24O5S2. The van der Waals surface area contributed by atoms with E-state index in [9.17, 15) is 22.6 Å². The summed E-state index contributed by atoms with van der Waals surface area (Å²) in [6.45, 7) is 3.85. The molecule has 0 aromatic heterocycles. The van der Waals surface area contributed by atoms with Gasteiger partial charge in [-0.25, -0.2) is 8.42 Å². The van der Waals surface area contributed by atoms with Crippen LogP contribution in [0.25, 0.3) is 0 Å². The Balaban J connectivity index is 0.000000243. The Hall–Kier alpha value is -1.18. The van der Waals surface area contributed by atoms with E-state index in [4.69, 9.17) is 0 Å². The van der Waals surface area contributed by atoms with Crippen molar-refractivity contribution < 1.29 is 22.6 Å². The molecule has 1 fully saturated rings. The lowest BCUT2D eigenvalue weighted by Crippen LogP contribution is -2.29. The van der Waals surface area contributed by atoms with Gasteiger partial charge in [-0.05, 0) is 36.4 Å². The van der Waals surface area contributed by atoms with Gasteiger partial charge < -0.3 is 4.55 Å². The Morgan fingerprint density at radius 3 is 2.17 bits per heavy atom. The average molecular weight is 373 g/mol. The van der Waals surface area contributed by atoms with Crippen molar-refractivity contribution in [3.63, 3.8) is 0 Å². The van der Waals surface area contributed by atoms with Gasteiger partial charge in [0, 0.05) is 6.42 Å². The number of Topliss-reactive ketones (excluding diaryl/α,β-unsaturated/α-hetero) is 2. The maximum atomic E-state index is 11.3. The highest BCUT2D eigenvalue weighted by Gasteiger charge is 2.28. The average Bonchev–Trinajstić information content (AvgIpc) is 2.50. The highest BCUT2D eigenvalue weighted by Crippen LogP contribution is 2.12. The molecule has 1 aliphatic rings. The normalized spacial score (nSPS) is 15.5. The molecular weight excluding hydrogens is 348 g/mol. The summed E-state index contributed by atoms with van der Waals surface area (Å²) in [6, 6.07) is 5.78. The molecule has 0 bridgehead atoms. The van der Waals surface area contributed by atoms with Gasteiger partial charge in [-0.1, -0.05) is 24.6 Å². The highest BCUT2D eigenvalue weighted by atomic mass is 32.2. The van der Waals surface area contributed by atoms with Crippen molar-refractivity contribution in [2.45, 2.75) is 44.4 Å². The molecule has 7 heteroatoms. The summed E-state index contributed by atoms with van der Waals surface area (Å²) in [6.07, 6.45) is 3.09. The van der Waals surface area contributed by atoms with Crippen molar-refractivity contribution in [2.24, 2.45) is 0 Å². The summed E-state index contributed by atoms with van der Waals surface area (Å²) >= 11 is 0. The fourth-order valence-corrected chi connectivity index (χ4v) is 4.77. The van der Waals surface area contributed by atoms with Gasteiger partial charge in [0.05, 0.1) is 17.7 Å². The van der Waals surface area contributed by atoms with E-state index in [0.717, 1.165) is 35.7 Å². The minimum absolute atomic E-state index is 0.178. The second-order valence-electron chi connectivity index (χ2n) is 5.76. The SMILES string of the molecule is CCCC(=O)C[S+]1CCC(=O)CC1.Cc1ccc(S(=O)(=O)[O-])cc1. The zero-order valence-corrected chi connectivity index (χ0v) is 15.7. The molecule has 0 spiro atoms. The number of carbonyl (C=O) groups excluding carboxylic acids is 2. The van der Waals surface area contributed by atoms with Crippen molar-refractivity contribution in [3.05, 3.63) is 29.8 Å². The van der Waals surface area contributed by atoms with Crippen LogP contribution < -0.4 is 0 Å². The van der Waals surface area contributed by atoms with E-state index in [1.165, 1.54) is 12.1 Å². The van der Waals surface area contributed by atoms with Crippen molar-refractivity contribution in [1.82, 2.24) is 0 Å². The summed E-state index contributed by atoms with van der Waals surface area (Å²) in [5, 5.41) is 0. The second kappa shape index (κ2) is 9.96. The molecule has 1 heterocycles. The molecule has 1 saturated heterocycles. The zero-order chi connectivity index (χ0) is 18.2. The summed E-state index contributed by atoms with van der Waals surface area (Å²) in [4.78, 5) is 22.1. The molecule has 1 aliphatic heterocycles. The van der Waals surface area contributed by atoms with E-state index in [-0.39, 0.29) is 15.8 Å². The van der Waals surface area contributed by atoms with Crippen LogP contribution in [0.3, 0.4) is 0 Å². The summed E-state index contributed by atoms with van der Waals surface area (Å²) < 4.78 is 31.2. The van der Waals surface area contributed by atoms with Gasteiger partial charge in [0.25, 0.3) is 0 Å². The minimum atomic E-state index is -4.27. The molecule has 134 valence electrons. The summed E-state index contributed by atoms with van der Waals surface area (Å²) in [7, 11) is -4.04. The van der Waals surface area contributed by atoms with Crippen LogP contribution in [0, 0.1) is 6.92 Å². The lowest BCUT2D eigenvalue weighted by atomic mass is 10.2. The van der Waals surface area contributed by atoms with E-state index >= 15 is 0 Å². The van der Waals surface area contributed by atoms with Crippen LogP contribution in [0.2, 0.25) is 0 Å². The van der Waals surface area contributed by atoms with Crippen LogP contribution in [-0.2, 0) is 30.6 Å². The van der Waals surface area contributed by atoms with Crippen LogP contribution in [0.4, 0.5) is 0 Å². The molecule has 1 aromatic rings. The standard InChI is InChI=1S/C10H17O2S.C7H8O3S/c1-2-3-10(12)8-13-6-4-9(11)5-7-13;1-6-2-4-7(5-3-6)11(8,9)10/h2-8H2,1H3;2-5H,1H3,(H,8,9,10)/q+1;/p-1. The molecule has 5 nitrogen and oxygen atoms in total. The summed E-state index contributed by atoms with van der Waals surface area (Å²) in [5.74, 6) is 3.44. The van der Waals surface area contributed by atoms with Gasteiger partial charge in [0.2, 0.25) is 0 Å². The van der Waals surface area contributed by atoms with Gasteiger partial charge in [-0.3, -0.25) is 9.59 Å². The Kier molecular flexibility index (Phi) is 8.66. The van der Waals surface area contributed by atoms with E-state index in [1.54, 1.807) is 12.1 Å². The first-order valence-corrected chi connectivity index (χ1v) is 11.1. The van der Waals surface area contributed by atoms with Crippen molar-refractivity contribution >= 4 is 32.6 Å². The van der Waals surface area contributed by atoms with Gasteiger partial charge in [-0.2, -0.15) is 0 Å². The lowest BCUT2D eigenvalue weighted by Gasteiger charge is -2.11. The fraction of sp³-hybridized carbons (Fsp3) is 0.529. The lowest BCUT2D eigenvalue weighted by molar-refractivity contribution is -0.119. The first-order chi connectivity index (χ1) is 11.2. The number of hydrogen-bond donors (Lipinski definition) is 0. The third-order valence-corrected chi connectivity index (χ3v) is 6.69. The van der Waals surface area contributed by atoms with E-state index in [0.29, 0.717) is 24.4 Å². The van der Waals surface area contributed by atoms with Crippen LogP contribution in [0.15, 0.2) is 29.2 Å². The maximum Gasteiger partial charge on any atom is 0.181 e. The van der Waals surface area contributed by atoms with Gasteiger partial charge in [-0.15, -0.1) is 0 Å². The molecule has 2 rings (SSSR count). The maximum absolute atomic E-state index is 11.3. The van der Waals surface area contributed by atoms with Crippen LogP contribution >= 0.6 is 0 Å². The first-order valence-electron chi connectivity index (χ1n) is 7.92. The van der Waals surface area contributed by atoms with Gasteiger partial charge >= 0.3 is 0 Å². The number of rotatable bonds is 5. The predicted octanol–water partition coefficient (Wildman–Crippen LogP) is 2.24. The molecule has 0 aliphatic carbocycles. The van der Waals surface area contributed by atoms with Crippen LogP contribution in [-0.4, -0.2) is 41.8 Å². The zero-order valence-electron chi connectivity index (χ0n) is 14.1. The third-order valence-electron chi connectivity index (χ3n) is 3.54. The Labute approximate surface area is 146 Å². The Bertz CT molecular complexity index is 640. The number of carbonyl (C=O) groups is 2. The quantitative estimate of drug-likeness (QED) is 0.584. The van der Waals surface area contributed by atoms with Gasteiger partial charge in [0.15, 0.2) is 11.5 Å². The van der Waals surface area contributed by atoms with E-state index in [1.807, 2.05) is 13.8 Å². The monoisotopic (exact) mass is 372 g/mol. The minimum Gasteiger partial charge on any atom is -0.744 e. The first kappa shape index (κ1) is 20.9. The van der Waals surface area contributed by atoms with Crippen molar-refractivity contribution in [3.8, 4) is 0 Å². The largest absolute Gasteiger partial charge is 0.744 e. The molecule has 0 atom stereocenters. The molecule has 0 saturated carbocycles. The second-order valence-corrected chi connectivity index (χ2v) is 9.47. The molecule has 0 N–H and O–H groups in total. The molecule has 0 unspecified atom stereocenters. The fourth-order valence-electron chi connectivity index (χ4n) is 2.17. The Morgan fingerprint density at radius 1 is 1.17 bits per heavy atom. The number of hydrogen-bond acceptors (Lipinski definition) is 5. The number of ketones is 2. The molecule has 24 heavy (non-hydrogen) atoms. The van der Waals surface area contributed by atoms with Crippen molar-refractivity contribution in [1.29, 1.82) is 0 Å². The molecule has 0 radical (unpaired) electrons. The van der Waals surface area contributed by atoms with Gasteiger partial charge in [0.1, 0.15) is 27.4 Å². The number of aryl methyl sites for hydroxylation is 1. The smallest absolute Gasteiger partial charge is 0.181 e. The van der Waals surface area contributed by atoms with E-state index < -0.39 is 10.1 Å². The van der Waals surface area contributed by atoms with E-state index in [2.05, 4.69) is 0 Å². The van der Waals surface area contributed by atoms with Crippen LogP contribution in [0.1, 0.15) is 38.2 Å². The van der Waals surface area contributed by atoms with Crippen LogP contribution in [0.5, 0.6) is 0 Å².